The summed E-state index contributed by atoms with van der Waals surface area (Å²) >= 11 is 0. The average Bonchev–Trinajstić information content (AvgIpc) is 2.67. The van der Waals surface area contributed by atoms with Crippen LogP contribution in [0.25, 0.3) is 0 Å². The minimum atomic E-state index is -0.228. The molecule has 1 saturated heterocycles. The van der Waals surface area contributed by atoms with Crippen molar-refractivity contribution < 1.29 is 9.84 Å². The van der Waals surface area contributed by atoms with Crippen LogP contribution in [-0.4, -0.2) is 41.3 Å². The number of methoxy groups -OCH3 is 1. The number of rotatable bonds is 3. The van der Waals surface area contributed by atoms with Crippen LogP contribution in [0, 0.1) is 0 Å². The van der Waals surface area contributed by atoms with Gasteiger partial charge in [-0.15, -0.1) is 0 Å². The van der Waals surface area contributed by atoms with E-state index < -0.39 is 0 Å². The zero-order valence-electron chi connectivity index (χ0n) is 9.27. The fourth-order valence-electron chi connectivity index (χ4n) is 1.99. The van der Waals surface area contributed by atoms with Crippen LogP contribution >= 0.6 is 0 Å². The number of H-pyrrole nitrogens is 1. The Hall–Kier alpha value is -1.33. The zero-order chi connectivity index (χ0) is 11.5. The molecule has 1 atom stereocenters. The van der Waals surface area contributed by atoms with Crippen molar-refractivity contribution in [2.75, 3.05) is 20.2 Å². The highest BCUT2D eigenvalue weighted by Gasteiger charge is 2.21. The molecule has 2 heterocycles. The summed E-state index contributed by atoms with van der Waals surface area (Å²) in [4.78, 5) is 15.9. The van der Waals surface area contributed by atoms with E-state index in [2.05, 4.69) is 9.88 Å². The van der Waals surface area contributed by atoms with Gasteiger partial charge in [0.25, 0.3) is 5.56 Å². The maximum absolute atomic E-state index is 11.1. The maximum Gasteiger partial charge on any atom is 0.250 e. The Balaban J connectivity index is 2.11. The highest BCUT2D eigenvalue weighted by Crippen LogP contribution is 2.18. The molecule has 1 aliphatic heterocycles. The normalized spacial score (nSPS) is 21.2. The lowest BCUT2D eigenvalue weighted by atomic mass is 10.2. The van der Waals surface area contributed by atoms with Gasteiger partial charge in [0.05, 0.1) is 13.2 Å². The van der Waals surface area contributed by atoms with Crippen LogP contribution in [0.1, 0.15) is 12.0 Å². The third-order valence-corrected chi connectivity index (χ3v) is 2.81. The lowest BCUT2D eigenvalue weighted by Gasteiger charge is -2.16. The van der Waals surface area contributed by atoms with Crippen LogP contribution in [0.5, 0.6) is 5.88 Å². The molecular weight excluding hydrogens is 208 g/mol. The number of likely N-dealkylation sites (tertiary alicyclic amines) is 1. The van der Waals surface area contributed by atoms with Gasteiger partial charge in [0.1, 0.15) is 0 Å². The molecule has 5 heteroatoms. The minimum absolute atomic E-state index is 0.165. The number of ether oxygens (including phenoxy) is 1. The molecule has 0 bridgehead atoms. The van der Waals surface area contributed by atoms with E-state index in [1.54, 1.807) is 6.07 Å². The number of aromatic nitrogens is 1. The van der Waals surface area contributed by atoms with Gasteiger partial charge in [-0.2, -0.15) is 0 Å². The van der Waals surface area contributed by atoms with E-state index >= 15 is 0 Å². The van der Waals surface area contributed by atoms with E-state index in [9.17, 15) is 9.90 Å². The fourth-order valence-corrected chi connectivity index (χ4v) is 1.99. The molecule has 0 radical (unpaired) electrons. The molecule has 1 fully saturated rings. The number of aliphatic hydroxyl groups is 1. The van der Waals surface area contributed by atoms with Crippen molar-refractivity contribution in [3.63, 3.8) is 0 Å². The van der Waals surface area contributed by atoms with Crippen molar-refractivity contribution in [1.29, 1.82) is 0 Å². The number of nitrogens with zero attached hydrogens (tertiary/aromatic N) is 1. The van der Waals surface area contributed by atoms with Crippen LogP contribution in [-0.2, 0) is 6.54 Å². The molecule has 2 rings (SSSR count). The molecule has 1 aromatic rings. The third kappa shape index (κ3) is 2.43. The zero-order valence-corrected chi connectivity index (χ0v) is 9.27. The van der Waals surface area contributed by atoms with Crippen molar-refractivity contribution >= 4 is 0 Å². The molecule has 0 aliphatic carbocycles. The summed E-state index contributed by atoms with van der Waals surface area (Å²) in [6.07, 6.45) is 0.583. The summed E-state index contributed by atoms with van der Waals surface area (Å²) in [7, 11) is 1.54. The maximum atomic E-state index is 11.1. The van der Waals surface area contributed by atoms with Gasteiger partial charge in [0.15, 0.2) is 5.88 Å². The van der Waals surface area contributed by atoms with Crippen LogP contribution in [0.4, 0.5) is 0 Å². The van der Waals surface area contributed by atoms with Crippen molar-refractivity contribution in [2.45, 2.75) is 19.1 Å². The summed E-state index contributed by atoms with van der Waals surface area (Å²) in [6, 6.07) is 3.26. The van der Waals surface area contributed by atoms with Crippen molar-refractivity contribution in [3.05, 3.63) is 28.0 Å². The molecule has 0 aromatic carbocycles. The third-order valence-electron chi connectivity index (χ3n) is 2.81. The number of aliphatic hydroxyl groups excluding tert-OH is 1. The lowest BCUT2D eigenvalue weighted by molar-refractivity contribution is 0.174. The molecule has 16 heavy (non-hydrogen) atoms. The molecule has 1 aliphatic rings. The van der Waals surface area contributed by atoms with Gasteiger partial charge >= 0.3 is 0 Å². The summed E-state index contributed by atoms with van der Waals surface area (Å²) in [5.41, 5.74) is 0.776. The van der Waals surface area contributed by atoms with Crippen molar-refractivity contribution in [3.8, 4) is 5.88 Å². The monoisotopic (exact) mass is 224 g/mol. The van der Waals surface area contributed by atoms with Gasteiger partial charge in [0.2, 0.25) is 0 Å². The summed E-state index contributed by atoms with van der Waals surface area (Å²) < 4.78 is 5.12. The van der Waals surface area contributed by atoms with E-state index in [1.807, 2.05) is 0 Å². The highest BCUT2D eigenvalue weighted by molar-refractivity contribution is 5.25. The smallest absolute Gasteiger partial charge is 0.250 e. The SMILES string of the molecule is COc1[nH]c(=O)ccc1CN1CCC(O)C1. The molecule has 1 aromatic heterocycles. The van der Waals surface area contributed by atoms with Gasteiger partial charge in [-0.1, -0.05) is 0 Å². The van der Waals surface area contributed by atoms with Crippen LogP contribution in [0.15, 0.2) is 16.9 Å². The molecular formula is C11H16N2O3. The molecule has 0 saturated carbocycles. The second-order valence-corrected chi connectivity index (χ2v) is 4.06. The number of hydrogen-bond acceptors (Lipinski definition) is 4. The van der Waals surface area contributed by atoms with E-state index in [1.165, 1.54) is 13.2 Å². The molecule has 0 amide bonds. The topological polar surface area (TPSA) is 65.6 Å². The Labute approximate surface area is 93.7 Å². The number of aromatic amines is 1. The Morgan fingerprint density at radius 1 is 1.62 bits per heavy atom. The molecule has 0 spiro atoms. The summed E-state index contributed by atoms with van der Waals surface area (Å²) in [5.74, 6) is 0.508. The van der Waals surface area contributed by atoms with Crippen molar-refractivity contribution in [1.82, 2.24) is 9.88 Å². The minimum Gasteiger partial charge on any atom is -0.482 e. The Morgan fingerprint density at radius 3 is 3.06 bits per heavy atom. The van der Waals surface area contributed by atoms with E-state index in [-0.39, 0.29) is 11.7 Å². The van der Waals surface area contributed by atoms with Crippen LogP contribution in [0.2, 0.25) is 0 Å². The molecule has 88 valence electrons. The van der Waals surface area contributed by atoms with E-state index in [0.717, 1.165) is 18.5 Å². The second-order valence-electron chi connectivity index (χ2n) is 4.06. The van der Waals surface area contributed by atoms with E-state index in [4.69, 9.17) is 4.74 Å². The summed E-state index contributed by atoms with van der Waals surface area (Å²) in [6.45, 7) is 2.25. The van der Waals surface area contributed by atoms with Gasteiger partial charge in [-0.05, 0) is 12.5 Å². The van der Waals surface area contributed by atoms with Crippen LogP contribution < -0.4 is 10.3 Å². The quantitative estimate of drug-likeness (QED) is 0.755. The largest absolute Gasteiger partial charge is 0.482 e. The Morgan fingerprint density at radius 2 is 2.44 bits per heavy atom. The Kier molecular flexibility index (Phi) is 3.26. The van der Waals surface area contributed by atoms with E-state index in [0.29, 0.717) is 19.0 Å². The van der Waals surface area contributed by atoms with Gasteiger partial charge < -0.3 is 9.84 Å². The summed E-state index contributed by atoms with van der Waals surface area (Å²) in [5, 5.41) is 9.42. The number of hydrogen-bond donors (Lipinski definition) is 2. The first kappa shape index (κ1) is 11.2. The number of nitrogens with one attached hydrogen (secondary N) is 1. The molecule has 2 N–H and O–H groups in total. The first-order chi connectivity index (χ1) is 7.69. The van der Waals surface area contributed by atoms with Crippen molar-refractivity contribution in [2.24, 2.45) is 0 Å². The first-order valence-electron chi connectivity index (χ1n) is 5.35. The molecule has 1 unspecified atom stereocenters. The van der Waals surface area contributed by atoms with Gasteiger partial charge in [-0.25, -0.2) is 0 Å². The average molecular weight is 224 g/mol. The van der Waals surface area contributed by atoms with Gasteiger partial charge in [-0.3, -0.25) is 14.7 Å². The molecule has 5 nitrogen and oxygen atoms in total. The number of β-amino-alcohol motifs (C(OH)–C–C–N with tert-alkyl or cyclic N) is 1. The second kappa shape index (κ2) is 4.67. The number of pyridine rings is 1. The lowest BCUT2D eigenvalue weighted by Crippen LogP contribution is -2.22. The highest BCUT2D eigenvalue weighted by atomic mass is 16.5. The van der Waals surface area contributed by atoms with Crippen LogP contribution in [0.3, 0.4) is 0 Å². The predicted molar refractivity (Wildman–Crippen MR) is 59.5 cm³/mol. The van der Waals surface area contributed by atoms with Gasteiger partial charge in [0, 0.05) is 31.3 Å². The fraction of sp³-hybridized carbons (Fsp3) is 0.545. The first-order valence-corrected chi connectivity index (χ1v) is 5.35. The predicted octanol–water partition coefficient (Wildman–Crippen LogP) is -0.0499. The Bertz CT molecular complexity index is 416. The standard InChI is InChI=1S/C11H16N2O3/c1-16-11-8(2-3-10(15)12-11)6-13-5-4-9(14)7-13/h2-3,9,14H,4-7H2,1H3,(H,12,15).